The van der Waals surface area contributed by atoms with E-state index in [1.807, 2.05) is 28.8 Å². The van der Waals surface area contributed by atoms with E-state index in [4.69, 9.17) is 21.6 Å². The van der Waals surface area contributed by atoms with E-state index in [1.54, 1.807) is 0 Å². The highest BCUT2D eigenvalue weighted by atomic mass is 35.5. The van der Waals surface area contributed by atoms with Crippen LogP contribution in [0.3, 0.4) is 0 Å². The van der Waals surface area contributed by atoms with Crippen molar-refractivity contribution in [2.75, 3.05) is 0 Å². The minimum absolute atomic E-state index is 0.119. The number of unbranched alkanes of at least 4 members (excludes halogenated alkanes) is 9. The van der Waals surface area contributed by atoms with Gasteiger partial charge in [-0.25, -0.2) is 9.97 Å². The molecular weight excluding hydrogens is 406 g/mol. The number of nitrogens with zero attached hydrogens (tertiary/aromatic N) is 3. The van der Waals surface area contributed by atoms with Crippen LogP contribution in [0.5, 0.6) is 5.88 Å². The topological polar surface area (TPSA) is 50.9 Å². The molecule has 0 bridgehead atoms. The first-order valence-corrected chi connectivity index (χ1v) is 12.7. The summed E-state index contributed by atoms with van der Waals surface area (Å²) in [6.45, 7) is 4.49. The second-order valence-corrected chi connectivity index (χ2v) is 9.18. The number of rotatable bonds is 14. The molecule has 4 nitrogen and oxygen atoms in total. The zero-order chi connectivity index (χ0) is 22.1. The van der Waals surface area contributed by atoms with Gasteiger partial charge in [-0.2, -0.15) is 0 Å². The lowest BCUT2D eigenvalue weighted by molar-refractivity contribution is 0.346. The zero-order valence-electron chi connectivity index (χ0n) is 19.2. The van der Waals surface area contributed by atoms with Crippen LogP contribution in [0.15, 0.2) is 24.3 Å². The lowest BCUT2D eigenvalue weighted by Gasteiger charge is -2.20. The molecule has 0 aliphatic carbocycles. The molecule has 0 aliphatic heterocycles. The Labute approximate surface area is 192 Å². The largest absolute Gasteiger partial charge is 0.493 e. The van der Waals surface area contributed by atoms with Crippen LogP contribution >= 0.6 is 11.6 Å². The van der Waals surface area contributed by atoms with E-state index in [2.05, 4.69) is 13.8 Å². The minimum atomic E-state index is 0.119. The zero-order valence-corrected chi connectivity index (χ0v) is 20.0. The van der Waals surface area contributed by atoms with Crippen LogP contribution in [-0.2, 0) is 0 Å². The molecule has 3 rings (SSSR count). The van der Waals surface area contributed by atoms with Gasteiger partial charge in [-0.05, 0) is 25.0 Å². The minimum Gasteiger partial charge on any atom is -0.493 e. The van der Waals surface area contributed by atoms with Crippen molar-refractivity contribution in [2.45, 2.75) is 103 Å². The summed E-state index contributed by atoms with van der Waals surface area (Å²) in [5.41, 5.74) is 2.96. The smallest absolute Gasteiger partial charge is 0.214 e. The highest BCUT2D eigenvalue weighted by molar-refractivity contribution is 6.36. The first-order valence-electron chi connectivity index (χ1n) is 12.3. The third-order valence-corrected chi connectivity index (χ3v) is 6.66. The molecule has 1 atom stereocenters. The molecule has 0 saturated heterocycles. The van der Waals surface area contributed by atoms with Crippen LogP contribution in [0, 0.1) is 0 Å². The van der Waals surface area contributed by atoms with Crippen molar-refractivity contribution in [3.05, 3.63) is 29.3 Å². The van der Waals surface area contributed by atoms with Crippen LogP contribution in [0.2, 0.25) is 5.02 Å². The first kappa shape index (κ1) is 23.8. The number of fused-ring (bicyclic) bond motifs is 2. The third-order valence-electron chi connectivity index (χ3n) is 6.31. The van der Waals surface area contributed by atoms with E-state index in [9.17, 15) is 5.11 Å². The number of halogens is 1. The number of hydrogen-bond acceptors (Lipinski definition) is 3. The number of benzene rings is 1. The van der Waals surface area contributed by atoms with Gasteiger partial charge in [0.05, 0.1) is 11.0 Å². The SMILES string of the molecule is CCCCCCCCCCC(CCCCC)n1c(O)c(Cl)c2nc3ccccc3nc21. The highest BCUT2D eigenvalue weighted by Crippen LogP contribution is 2.39. The lowest BCUT2D eigenvalue weighted by atomic mass is 10.0. The summed E-state index contributed by atoms with van der Waals surface area (Å²) < 4.78 is 1.97. The van der Waals surface area contributed by atoms with E-state index < -0.39 is 0 Å². The first-order chi connectivity index (χ1) is 15.2. The number of hydrogen-bond donors (Lipinski definition) is 1. The molecule has 0 radical (unpaired) electrons. The summed E-state index contributed by atoms with van der Waals surface area (Å²) in [7, 11) is 0. The Bertz CT molecular complexity index is 953. The number of aromatic hydroxyl groups is 1. The van der Waals surface area contributed by atoms with Gasteiger partial charge in [0.1, 0.15) is 10.5 Å². The van der Waals surface area contributed by atoms with Gasteiger partial charge in [0, 0.05) is 6.04 Å². The van der Waals surface area contributed by atoms with Crippen molar-refractivity contribution >= 4 is 33.8 Å². The van der Waals surface area contributed by atoms with Gasteiger partial charge in [-0.1, -0.05) is 108 Å². The maximum Gasteiger partial charge on any atom is 0.214 e. The highest BCUT2D eigenvalue weighted by Gasteiger charge is 2.24. The molecule has 3 aromatic rings. The van der Waals surface area contributed by atoms with Gasteiger partial charge >= 0.3 is 0 Å². The predicted octanol–water partition coefficient (Wildman–Crippen LogP) is 8.60. The average Bonchev–Trinajstić information content (AvgIpc) is 3.02. The van der Waals surface area contributed by atoms with E-state index in [1.165, 1.54) is 64.2 Å². The Hall–Kier alpha value is -1.81. The lowest BCUT2D eigenvalue weighted by Crippen LogP contribution is -2.10. The summed E-state index contributed by atoms with van der Waals surface area (Å²) >= 11 is 6.52. The van der Waals surface area contributed by atoms with Gasteiger partial charge in [0.15, 0.2) is 5.65 Å². The molecule has 1 N–H and O–H groups in total. The molecule has 0 fully saturated rings. The van der Waals surface area contributed by atoms with Crippen molar-refractivity contribution in [2.24, 2.45) is 0 Å². The molecule has 0 saturated carbocycles. The van der Waals surface area contributed by atoms with Crippen molar-refractivity contribution < 1.29 is 5.11 Å². The van der Waals surface area contributed by atoms with Crippen molar-refractivity contribution in [3.63, 3.8) is 0 Å². The Balaban J connectivity index is 1.76. The fraction of sp³-hybridized carbons (Fsp3) is 0.615. The molecule has 31 heavy (non-hydrogen) atoms. The molecule has 0 aliphatic rings. The maximum absolute atomic E-state index is 10.9. The van der Waals surface area contributed by atoms with Gasteiger partial charge in [0.2, 0.25) is 5.88 Å². The fourth-order valence-electron chi connectivity index (χ4n) is 4.51. The standard InChI is InChI=1S/C26H38ClN3O/c1-3-5-7-8-9-10-11-13-17-20(16-12-6-4-2)30-25-24(23(27)26(30)31)28-21-18-14-15-19-22(21)29-25/h14-15,18-20,31H,3-13,16-17H2,1-2H3. The van der Waals surface area contributed by atoms with E-state index in [-0.39, 0.29) is 11.9 Å². The third kappa shape index (κ3) is 6.12. The Kier molecular flexibility index (Phi) is 9.45. The molecule has 0 amide bonds. The van der Waals surface area contributed by atoms with Gasteiger partial charge in [-0.15, -0.1) is 0 Å². The Morgan fingerprint density at radius 1 is 0.806 bits per heavy atom. The van der Waals surface area contributed by atoms with Crippen molar-refractivity contribution in [3.8, 4) is 5.88 Å². The molecule has 1 unspecified atom stereocenters. The van der Waals surface area contributed by atoms with Gasteiger partial charge in [0.25, 0.3) is 0 Å². The molecule has 170 valence electrons. The van der Waals surface area contributed by atoms with Gasteiger partial charge in [-0.3, -0.25) is 4.57 Å². The molecule has 0 spiro atoms. The van der Waals surface area contributed by atoms with Crippen LogP contribution in [-0.4, -0.2) is 19.6 Å². The molecule has 2 aromatic heterocycles. The van der Waals surface area contributed by atoms with Crippen LogP contribution in [0.4, 0.5) is 0 Å². The normalized spacial score (nSPS) is 12.7. The number of para-hydroxylation sites is 2. The summed E-state index contributed by atoms with van der Waals surface area (Å²) in [6, 6.07) is 8.03. The molecular formula is C26H38ClN3O. The Morgan fingerprint density at radius 3 is 1.97 bits per heavy atom. The monoisotopic (exact) mass is 443 g/mol. The van der Waals surface area contributed by atoms with Crippen LogP contribution < -0.4 is 0 Å². The van der Waals surface area contributed by atoms with Crippen LogP contribution in [0.1, 0.15) is 103 Å². The van der Waals surface area contributed by atoms with E-state index in [0.717, 1.165) is 30.3 Å². The summed E-state index contributed by atoms with van der Waals surface area (Å²) in [5.74, 6) is 0.119. The quantitative estimate of drug-likeness (QED) is 0.254. The predicted molar refractivity (Wildman–Crippen MR) is 132 cm³/mol. The second-order valence-electron chi connectivity index (χ2n) is 8.81. The molecule has 1 aromatic carbocycles. The van der Waals surface area contributed by atoms with Crippen LogP contribution in [0.25, 0.3) is 22.2 Å². The maximum atomic E-state index is 10.9. The summed E-state index contributed by atoms with van der Waals surface area (Å²) in [4.78, 5) is 9.56. The van der Waals surface area contributed by atoms with Crippen molar-refractivity contribution in [1.82, 2.24) is 14.5 Å². The Morgan fingerprint density at radius 2 is 1.32 bits per heavy atom. The van der Waals surface area contributed by atoms with Crippen molar-refractivity contribution in [1.29, 1.82) is 0 Å². The average molecular weight is 444 g/mol. The van der Waals surface area contributed by atoms with E-state index in [0.29, 0.717) is 16.2 Å². The fourth-order valence-corrected chi connectivity index (χ4v) is 4.73. The van der Waals surface area contributed by atoms with E-state index >= 15 is 0 Å². The molecule has 5 heteroatoms. The van der Waals surface area contributed by atoms with Gasteiger partial charge < -0.3 is 5.11 Å². The summed E-state index contributed by atoms with van der Waals surface area (Å²) in [6.07, 6.45) is 16.1. The summed E-state index contributed by atoms with van der Waals surface area (Å²) in [5, 5.41) is 11.3. The second kappa shape index (κ2) is 12.3. The molecule has 2 heterocycles. The number of aromatic nitrogens is 3.